The van der Waals surface area contributed by atoms with E-state index in [1.807, 2.05) is 18.7 Å². The molecule has 1 atom stereocenters. The summed E-state index contributed by atoms with van der Waals surface area (Å²) in [5.74, 6) is 1.92. The van der Waals surface area contributed by atoms with Crippen LogP contribution in [0.2, 0.25) is 0 Å². The lowest BCUT2D eigenvalue weighted by atomic mass is 10.2. The normalized spacial score (nSPS) is 19.2. The van der Waals surface area contributed by atoms with Gasteiger partial charge >= 0.3 is 6.18 Å². The molecular weight excluding hydrogens is 414 g/mol. The van der Waals surface area contributed by atoms with Crippen LogP contribution in [-0.2, 0) is 0 Å². The van der Waals surface area contributed by atoms with Crippen LogP contribution in [0, 0.1) is 0 Å². The summed E-state index contributed by atoms with van der Waals surface area (Å²) in [6.07, 6.45) is -1.62. The highest BCUT2D eigenvalue weighted by Crippen LogP contribution is 2.26. The Kier molecular flexibility index (Phi) is 11.8. The minimum atomic E-state index is -4.04. The largest absolute Gasteiger partial charge is 0.389 e. The molecule has 1 aliphatic rings. The van der Waals surface area contributed by atoms with E-state index in [4.69, 9.17) is 0 Å². The third-order valence-corrected chi connectivity index (χ3v) is 4.38. The predicted molar refractivity (Wildman–Crippen MR) is 94.8 cm³/mol. The van der Waals surface area contributed by atoms with E-state index >= 15 is 0 Å². The summed E-state index contributed by atoms with van der Waals surface area (Å²) in [5, 5.41) is 6.81. The molecule has 0 aromatic heterocycles. The summed E-state index contributed by atoms with van der Waals surface area (Å²) in [6.45, 7) is 4.04. The third-order valence-electron chi connectivity index (χ3n) is 3.00. The molecule has 1 fully saturated rings. The van der Waals surface area contributed by atoms with Gasteiger partial charge in [-0.3, -0.25) is 4.99 Å². The maximum atomic E-state index is 12.0. The lowest BCUT2D eigenvalue weighted by Crippen LogP contribution is -2.38. The minimum Gasteiger partial charge on any atom is -0.357 e. The predicted octanol–water partition coefficient (Wildman–Crippen LogP) is 3.79. The van der Waals surface area contributed by atoms with Crippen LogP contribution in [0.3, 0.4) is 0 Å². The molecule has 126 valence electrons. The molecule has 0 spiro atoms. The van der Waals surface area contributed by atoms with Gasteiger partial charge in [-0.15, -0.1) is 24.0 Å². The maximum absolute atomic E-state index is 12.0. The van der Waals surface area contributed by atoms with Gasteiger partial charge in [-0.05, 0) is 38.4 Å². The van der Waals surface area contributed by atoms with Gasteiger partial charge in [0.25, 0.3) is 0 Å². The maximum Gasteiger partial charge on any atom is 0.389 e. The number of aliphatic imine (C=N–C) groups is 1. The standard InChI is InChI=1S/C13H24F3N3S.HI/c1-2-17-12(19-10-11-6-5-9-20-11)18-8-4-3-7-13(14,15)16;/h11H,2-10H2,1H3,(H2,17,18,19);1H. The quantitative estimate of drug-likeness (QED) is 0.274. The van der Waals surface area contributed by atoms with Gasteiger partial charge in [-0.2, -0.15) is 24.9 Å². The molecule has 0 saturated carbocycles. The highest BCUT2D eigenvalue weighted by Gasteiger charge is 2.25. The molecule has 0 aromatic carbocycles. The summed E-state index contributed by atoms with van der Waals surface area (Å²) < 4.78 is 36.0. The molecule has 0 aromatic rings. The van der Waals surface area contributed by atoms with Crippen LogP contribution in [0.15, 0.2) is 4.99 Å². The lowest BCUT2D eigenvalue weighted by molar-refractivity contribution is -0.135. The molecule has 8 heteroatoms. The fraction of sp³-hybridized carbons (Fsp3) is 0.923. The number of nitrogens with one attached hydrogen (secondary N) is 2. The van der Waals surface area contributed by atoms with Gasteiger partial charge in [-0.1, -0.05) is 0 Å². The monoisotopic (exact) mass is 439 g/mol. The molecule has 0 radical (unpaired) electrons. The van der Waals surface area contributed by atoms with Crippen molar-refractivity contribution in [1.29, 1.82) is 0 Å². The second kappa shape index (κ2) is 11.7. The van der Waals surface area contributed by atoms with Crippen LogP contribution in [0.5, 0.6) is 0 Å². The molecule has 1 unspecified atom stereocenters. The Balaban J connectivity index is 0.00000400. The molecule has 21 heavy (non-hydrogen) atoms. The van der Waals surface area contributed by atoms with Crippen molar-refractivity contribution in [1.82, 2.24) is 10.6 Å². The SMILES string of the molecule is CCNC(=NCC1CCCS1)NCCCCC(F)(F)F.I. The second-order valence-corrected chi connectivity index (χ2v) is 6.26. The second-order valence-electron chi connectivity index (χ2n) is 4.85. The zero-order chi connectivity index (χ0) is 14.8. The van der Waals surface area contributed by atoms with Gasteiger partial charge in [0, 0.05) is 24.8 Å². The van der Waals surface area contributed by atoms with Crippen molar-refractivity contribution in [2.24, 2.45) is 4.99 Å². The first-order chi connectivity index (χ1) is 9.51. The summed E-state index contributed by atoms with van der Waals surface area (Å²) in [5.41, 5.74) is 0. The van der Waals surface area contributed by atoms with Crippen molar-refractivity contribution in [3.05, 3.63) is 0 Å². The van der Waals surface area contributed by atoms with Crippen molar-refractivity contribution in [2.75, 3.05) is 25.4 Å². The van der Waals surface area contributed by atoms with Crippen molar-refractivity contribution in [2.45, 2.75) is 50.5 Å². The smallest absolute Gasteiger partial charge is 0.357 e. The number of guanidine groups is 1. The fourth-order valence-corrected chi connectivity index (χ4v) is 3.16. The number of halogens is 4. The van der Waals surface area contributed by atoms with Crippen LogP contribution in [0.1, 0.15) is 39.0 Å². The topological polar surface area (TPSA) is 36.4 Å². The number of rotatable bonds is 7. The lowest BCUT2D eigenvalue weighted by Gasteiger charge is -2.13. The zero-order valence-corrected chi connectivity index (χ0v) is 15.5. The molecule has 0 aliphatic carbocycles. The van der Waals surface area contributed by atoms with E-state index in [0.717, 1.165) is 13.1 Å². The van der Waals surface area contributed by atoms with E-state index < -0.39 is 12.6 Å². The number of hydrogen-bond acceptors (Lipinski definition) is 2. The number of thioether (sulfide) groups is 1. The van der Waals surface area contributed by atoms with Gasteiger partial charge in [0.2, 0.25) is 0 Å². The van der Waals surface area contributed by atoms with Crippen molar-refractivity contribution in [3.63, 3.8) is 0 Å². The molecule has 3 nitrogen and oxygen atoms in total. The van der Waals surface area contributed by atoms with Crippen LogP contribution in [0.4, 0.5) is 13.2 Å². The molecule has 1 rings (SSSR count). The van der Waals surface area contributed by atoms with Crippen LogP contribution in [0.25, 0.3) is 0 Å². The van der Waals surface area contributed by atoms with Gasteiger partial charge < -0.3 is 10.6 Å². The first kappa shape index (κ1) is 21.1. The summed E-state index contributed by atoms with van der Waals surface area (Å²) in [7, 11) is 0. The molecular formula is C13H25F3IN3S. The van der Waals surface area contributed by atoms with Crippen LogP contribution < -0.4 is 10.6 Å². The Morgan fingerprint density at radius 2 is 2.05 bits per heavy atom. The Hall–Kier alpha value is 0.140. The van der Waals surface area contributed by atoms with E-state index in [1.165, 1.54) is 18.6 Å². The fourth-order valence-electron chi connectivity index (χ4n) is 1.98. The summed E-state index contributed by atoms with van der Waals surface area (Å²) in [4.78, 5) is 4.49. The Morgan fingerprint density at radius 3 is 2.62 bits per heavy atom. The molecule has 1 saturated heterocycles. The van der Waals surface area contributed by atoms with Crippen molar-refractivity contribution in [3.8, 4) is 0 Å². The molecule has 2 N–H and O–H groups in total. The Labute approximate surface area is 146 Å². The van der Waals surface area contributed by atoms with E-state index in [0.29, 0.717) is 24.2 Å². The number of hydrogen-bond donors (Lipinski definition) is 2. The van der Waals surface area contributed by atoms with Gasteiger partial charge in [0.05, 0.1) is 6.54 Å². The molecule has 1 aliphatic heterocycles. The van der Waals surface area contributed by atoms with Crippen molar-refractivity contribution < 1.29 is 13.2 Å². The summed E-state index contributed by atoms with van der Waals surface area (Å²) in [6, 6.07) is 0. The van der Waals surface area contributed by atoms with Gasteiger partial charge in [0.15, 0.2) is 5.96 Å². The zero-order valence-electron chi connectivity index (χ0n) is 12.3. The highest BCUT2D eigenvalue weighted by molar-refractivity contribution is 14.0. The van der Waals surface area contributed by atoms with Crippen molar-refractivity contribution >= 4 is 41.7 Å². The average Bonchev–Trinajstić information content (AvgIpc) is 2.87. The third kappa shape index (κ3) is 11.4. The Bertz CT molecular complexity index is 295. The highest BCUT2D eigenvalue weighted by atomic mass is 127. The Morgan fingerprint density at radius 1 is 1.29 bits per heavy atom. The average molecular weight is 439 g/mol. The number of alkyl halides is 3. The molecule has 0 bridgehead atoms. The number of nitrogens with zero attached hydrogens (tertiary/aromatic N) is 1. The van der Waals surface area contributed by atoms with E-state index in [-0.39, 0.29) is 30.4 Å². The summed E-state index contributed by atoms with van der Waals surface area (Å²) >= 11 is 1.95. The van der Waals surface area contributed by atoms with Gasteiger partial charge in [-0.25, -0.2) is 0 Å². The van der Waals surface area contributed by atoms with E-state index in [1.54, 1.807) is 0 Å². The number of unbranched alkanes of at least 4 members (excludes halogenated alkanes) is 1. The van der Waals surface area contributed by atoms with Crippen LogP contribution in [-0.4, -0.2) is 42.8 Å². The van der Waals surface area contributed by atoms with E-state index in [2.05, 4.69) is 15.6 Å². The van der Waals surface area contributed by atoms with Gasteiger partial charge in [0.1, 0.15) is 0 Å². The van der Waals surface area contributed by atoms with E-state index in [9.17, 15) is 13.2 Å². The molecule has 1 heterocycles. The minimum absolute atomic E-state index is 0. The first-order valence-electron chi connectivity index (χ1n) is 7.22. The first-order valence-corrected chi connectivity index (χ1v) is 8.26. The van der Waals surface area contributed by atoms with Crippen LogP contribution >= 0.6 is 35.7 Å². The molecule has 0 amide bonds.